The smallest absolute Gasteiger partial charge is 0.246 e. The van der Waals surface area contributed by atoms with E-state index in [-0.39, 0.29) is 42.7 Å². The highest BCUT2D eigenvalue weighted by Crippen LogP contribution is 2.41. The standard InChI is InChI=1S/C31H47N9O5/c32-21(11-6-14-36-31(34)35)29(44)40-23-12-5-4-10-20(23)17-25(40)30(45)39-15-7-13-24(39)28(43)37-18-26(41)38-22(27(33)42)16-19-8-2-1-3-9-19/h1-3,8-9,20-25H,4-7,10-18,32H2,(H2,33,42)(H,37,43)(H,38,41)(H4,34,35,36)/t20-,21+,22+,23-,24-,25-/m0/s1. The van der Waals surface area contributed by atoms with E-state index in [0.29, 0.717) is 45.2 Å². The van der Waals surface area contributed by atoms with Crippen LogP contribution in [0.5, 0.6) is 0 Å². The van der Waals surface area contributed by atoms with E-state index >= 15 is 0 Å². The molecule has 1 aliphatic carbocycles. The first-order valence-electron chi connectivity index (χ1n) is 15.9. The maximum atomic E-state index is 14.0. The minimum absolute atomic E-state index is 0.0205. The van der Waals surface area contributed by atoms with Crippen LogP contribution in [-0.2, 0) is 30.4 Å². The second-order valence-electron chi connectivity index (χ2n) is 12.3. The molecule has 1 saturated carbocycles. The number of primary amides is 1. The van der Waals surface area contributed by atoms with Gasteiger partial charge in [0.15, 0.2) is 5.96 Å². The van der Waals surface area contributed by atoms with Crippen molar-refractivity contribution in [3.8, 4) is 0 Å². The van der Waals surface area contributed by atoms with Crippen LogP contribution < -0.4 is 33.6 Å². The van der Waals surface area contributed by atoms with Crippen LogP contribution in [0, 0.1) is 5.92 Å². The average Bonchev–Trinajstić information content (AvgIpc) is 3.67. The maximum absolute atomic E-state index is 14.0. The molecule has 2 aliphatic heterocycles. The van der Waals surface area contributed by atoms with E-state index in [1.807, 2.05) is 30.3 Å². The van der Waals surface area contributed by atoms with Crippen LogP contribution in [0.25, 0.3) is 0 Å². The highest BCUT2D eigenvalue weighted by atomic mass is 16.2. The minimum Gasteiger partial charge on any atom is -0.370 e. The van der Waals surface area contributed by atoms with Crippen molar-refractivity contribution in [1.82, 2.24) is 20.4 Å². The van der Waals surface area contributed by atoms with E-state index in [0.717, 1.165) is 31.2 Å². The molecule has 3 fully saturated rings. The lowest BCUT2D eigenvalue weighted by Crippen LogP contribution is -2.57. The van der Waals surface area contributed by atoms with Crippen LogP contribution >= 0.6 is 0 Å². The number of likely N-dealkylation sites (tertiary alicyclic amines) is 2. The summed E-state index contributed by atoms with van der Waals surface area (Å²) in [6, 6.07) is 5.89. The monoisotopic (exact) mass is 625 g/mol. The van der Waals surface area contributed by atoms with Gasteiger partial charge in [-0.3, -0.25) is 29.0 Å². The fourth-order valence-corrected chi connectivity index (χ4v) is 6.93. The number of carbonyl (C=O) groups excluding carboxylic acids is 5. The normalized spacial score (nSPS) is 23.8. The first kappa shape index (κ1) is 33.7. The quantitative estimate of drug-likeness (QED) is 0.0887. The highest BCUT2D eigenvalue weighted by Gasteiger charge is 2.50. The van der Waals surface area contributed by atoms with Gasteiger partial charge >= 0.3 is 0 Å². The zero-order valence-corrected chi connectivity index (χ0v) is 25.7. The van der Waals surface area contributed by atoms with E-state index in [2.05, 4.69) is 15.6 Å². The van der Waals surface area contributed by atoms with Crippen molar-refractivity contribution < 1.29 is 24.0 Å². The number of nitrogens with two attached hydrogens (primary N) is 4. The van der Waals surface area contributed by atoms with E-state index in [1.54, 1.807) is 9.80 Å². The molecule has 0 radical (unpaired) electrons. The van der Waals surface area contributed by atoms with Gasteiger partial charge < -0.3 is 43.4 Å². The molecule has 6 atom stereocenters. The molecule has 1 aromatic rings. The predicted molar refractivity (Wildman–Crippen MR) is 168 cm³/mol. The third-order valence-corrected chi connectivity index (χ3v) is 9.14. The van der Waals surface area contributed by atoms with Crippen LogP contribution in [0.15, 0.2) is 35.3 Å². The van der Waals surface area contributed by atoms with Gasteiger partial charge in [0.2, 0.25) is 29.5 Å². The van der Waals surface area contributed by atoms with Gasteiger partial charge in [-0.1, -0.05) is 43.2 Å². The first-order valence-corrected chi connectivity index (χ1v) is 15.9. The number of nitrogens with one attached hydrogen (secondary N) is 2. The van der Waals surface area contributed by atoms with Crippen molar-refractivity contribution in [2.45, 2.75) is 94.4 Å². The zero-order valence-electron chi connectivity index (χ0n) is 25.7. The number of nitrogens with zero attached hydrogens (tertiary/aromatic N) is 3. The van der Waals surface area contributed by atoms with Gasteiger partial charge in [0.1, 0.15) is 18.1 Å². The topological polar surface area (TPSA) is 232 Å². The molecule has 10 N–H and O–H groups in total. The lowest BCUT2D eigenvalue weighted by molar-refractivity contribution is -0.148. The van der Waals surface area contributed by atoms with E-state index in [9.17, 15) is 24.0 Å². The zero-order chi connectivity index (χ0) is 32.5. The van der Waals surface area contributed by atoms with Gasteiger partial charge in [0, 0.05) is 25.6 Å². The molecule has 2 saturated heterocycles. The average molecular weight is 626 g/mol. The van der Waals surface area contributed by atoms with Crippen molar-refractivity contribution in [2.24, 2.45) is 33.8 Å². The fourth-order valence-electron chi connectivity index (χ4n) is 6.93. The summed E-state index contributed by atoms with van der Waals surface area (Å²) in [5.74, 6) is -2.04. The Balaban J connectivity index is 1.37. The van der Waals surface area contributed by atoms with Crippen molar-refractivity contribution in [3.05, 3.63) is 35.9 Å². The molecule has 0 unspecified atom stereocenters. The third kappa shape index (κ3) is 8.71. The molecule has 5 amide bonds. The molecule has 4 rings (SSSR count). The largest absolute Gasteiger partial charge is 0.370 e. The minimum atomic E-state index is -0.936. The third-order valence-electron chi connectivity index (χ3n) is 9.14. The molecular formula is C31H47N9O5. The van der Waals surface area contributed by atoms with Gasteiger partial charge in [-0.25, -0.2) is 0 Å². The summed E-state index contributed by atoms with van der Waals surface area (Å²) < 4.78 is 0. The molecule has 0 spiro atoms. The molecule has 246 valence electrons. The SMILES string of the molecule is NC(=O)[C@@H](Cc1ccccc1)NC(=O)CNC(=O)[C@@H]1CCCN1C(=O)[C@@H]1C[C@@H]2CCCC[C@@H]2N1C(=O)[C@H](N)CCCN=C(N)N. The molecular weight excluding hydrogens is 578 g/mol. The summed E-state index contributed by atoms with van der Waals surface area (Å²) >= 11 is 0. The molecule has 45 heavy (non-hydrogen) atoms. The number of amides is 5. The number of rotatable bonds is 13. The van der Waals surface area contributed by atoms with Crippen molar-refractivity contribution in [2.75, 3.05) is 19.6 Å². The molecule has 0 bridgehead atoms. The Labute approximate surface area is 263 Å². The van der Waals surface area contributed by atoms with Gasteiger partial charge in [-0.2, -0.15) is 0 Å². The van der Waals surface area contributed by atoms with E-state index in [1.165, 1.54) is 0 Å². The molecule has 2 heterocycles. The summed E-state index contributed by atoms with van der Waals surface area (Å²) in [5.41, 5.74) is 23.4. The lowest BCUT2D eigenvalue weighted by atomic mass is 9.84. The van der Waals surface area contributed by atoms with Gasteiger partial charge in [-0.15, -0.1) is 0 Å². The summed E-state index contributed by atoms with van der Waals surface area (Å²) in [6.45, 7) is 0.363. The Kier molecular flexibility index (Phi) is 11.7. The Hall–Kier alpha value is -4.20. The van der Waals surface area contributed by atoms with E-state index < -0.39 is 41.9 Å². The van der Waals surface area contributed by atoms with Crippen LogP contribution in [-0.4, -0.2) is 95.1 Å². The van der Waals surface area contributed by atoms with Gasteiger partial charge in [0.25, 0.3) is 0 Å². The van der Waals surface area contributed by atoms with Crippen molar-refractivity contribution in [1.29, 1.82) is 0 Å². The van der Waals surface area contributed by atoms with Crippen molar-refractivity contribution in [3.63, 3.8) is 0 Å². The summed E-state index contributed by atoms with van der Waals surface area (Å²) in [7, 11) is 0. The predicted octanol–water partition coefficient (Wildman–Crippen LogP) is -1.15. The highest BCUT2D eigenvalue weighted by molar-refractivity contribution is 5.95. The van der Waals surface area contributed by atoms with E-state index in [4.69, 9.17) is 22.9 Å². The van der Waals surface area contributed by atoms with Crippen LogP contribution in [0.3, 0.4) is 0 Å². The Bertz CT molecular complexity index is 1260. The van der Waals surface area contributed by atoms with Crippen LogP contribution in [0.2, 0.25) is 0 Å². The van der Waals surface area contributed by atoms with Gasteiger partial charge in [0.05, 0.1) is 12.6 Å². The Morgan fingerprint density at radius 3 is 2.40 bits per heavy atom. The van der Waals surface area contributed by atoms with Crippen molar-refractivity contribution >= 4 is 35.5 Å². The lowest BCUT2D eigenvalue weighted by Gasteiger charge is -2.36. The number of fused-ring (bicyclic) bond motifs is 1. The Morgan fingerprint density at radius 1 is 0.956 bits per heavy atom. The second-order valence-corrected chi connectivity index (χ2v) is 12.3. The fraction of sp³-hybridized carbons (Fsp3) is 0.613. The number of benzene rings is 1. The molecule has 1 aromatic carbocycles. The maximum Gasteiger partial charge on any atom is 0.246 e. The Morgan fingerprint density at radius 2 is 1.69 bits per heavy atom. The summed E-state index contributed by atoms with van der Waals surface area (Å²) in [6.07, 6.45) is 6.51. The summed E-state index contributed by atoms with van der Waals surface area (Å²) in [4.78, 5) is 72.8. The number of carbonyl (C=O) groups is 5. The number of aliphatic imine (C=N–C) groups is 1. The van der Waals surface area contributed by atoms with Gasteiger partial charge in [-0.05, 0) is 56.4 Å². The first-order chi connectivity index (χ1) is 21.6. The molecule has 0 aromatic heterocycles. The number of guanidine groups is 1. The summed E-state index contributed by atoms with van der Waals surface area (Å²) in [5, 5.41) is 5.21. The van der Waals surface area contributed by atoms with Crippen LogP contribution in [0.4, 0.5) is 0 Å². The molecule has 3 aliphatic rings. The molecule has 14 nitrogen and oxygen atoms in total. The molecule has 14 heteroatoms. The number of hydrogen-bond donors (Lipinski definition) is 6. The second kappa shape index (κ2) is 15.7. The van der Waals surface area contributed by atoms with Crippen LogP contribution in [0.1, 0.15) is 63.4 Å². The number of hydrogen-bond acceptors (Lipinski definition) is 7.